The number of rotatable bonds is 6. The summed E-state index contributed by atoms with van der Waals surface area (Å²) in [7, 11) is 0. The minimum Gasteiger partial charge on any atom is -0.338 e. The zero-order chi connectivity index (χ0) is 16.1. The van der Waals surface area contributed by atoms with E-state index in [1.165, 1.54) is 11.1 Å². The van der Waals surface area contributed by atoms with Crippen molar-refractivity contribution in [3.63, 3.8) is 0 Å². The summed E-state index contributed by atoms with van der Waals surface area (Å²) in [6.07, 6.45) is 2.10. The summed E-state index contributed by atoms with van der Waals surface area (Å²) >= 11 is 1.73. The second-order valence-corrected chi connectivity index (χ2v) is 7.43. The third-order valence-electron chi connectivity index (χ3n) is 4.43. The third-order valence-corrected chi connectivity index (χ3v) is 5.63. The van der Waals surface area contributed by atoms with E-state index in [-0.39, 0.29) is 11.2 Å². The first-order chi connectivity index (χ1) is 11.2. The molecule has 1 fully saturated rings. The van der Waals surface area contributed by atoms with Crippen LogP contribution in [0.4, 0.5) is 0 Å². The summed E-state index contributed by atoms with van der Waals surface area (Å²) in [5, 5.41) is 0.0220. The maximum atomic E-state index is 12.7. The molecule has 3 heteroatoms. The molecule has 2 aromatic rings. The Hall–Kier alpha value is -1.74. The topological polar surface area (TPSA) is 20.3 Å². The van der Waals surface area contributed by atoms with Crippen molar-refractivity contribution in [1.82, 2.24) is 4.90 Å². The molecule has 2 nitrogen and oxygen atoms in total. The van der Waals surface area contributed by atoms with Crippen molar-refractivity contribution in [2.45, 2.75) is 36.8 Å². The summed E-state index contributed by atoms with van der Waals surface area (Å²) in [5.41, 5.74) is 2.60. The predicted molar refractivity (Wildman–Crippen MR) is 97.5 cm³/mol. The second-order valence-electron chi connectivity index (χ2n) is 6.10. The van der Waals surface area contributed by atoms with Crippen LogP contribution in [0.25, 0.3) is 0 Å². The van der Waals surface area contributed by atoms with Crippen molar-refractivity contribution in [1.29, 1.82) is 0 Å². The fourth-order valence-electron chi connectivity index (χ4n) is 2.93. The number of hydrogen-bond acceptors (Lipinski definition) is 2. The lowest BCUT2D eigenvalue weighted by atomic mass is 9.95. The number of hydrogen-bond donors (Lipinski definition) is 0. The molecule has 0 bridgehead atoms. The van der Waals surface area contributed by atoms with Gasteiger partial charge in [0.2, 0.25) is 5.91 Å². The Morgan fingerprint density at radius 1 is 1.09 bits per heavy atom. The minimum atomic E-state index is 0.0220. The van der Waals surface area contributed by atoms with Crippen LogP contribution in [0.2, 0.25) is 0 Å². The van der Waals surface area contributed by atoms with Crippen molar-refractivity contribution in [2.24, 2.45) is 0 Å². The van der Waals surface area contributed by atoms with Gasteiger partial charge in [-0.25, -0.2) is 0 Å². The van der Waals surface area contributed by atoms with E-state index in [1.807, 2.05) is 31.2 Å². The van der Waals surface area contributed by atoms with Gasteiger partial charge in [0, 0.05) is 18.3 Å². The van der Waals surface area contributed by atoms with Crippen LogP contribution in [0.1, 0.15) is 24.5 Å². The van der Waals surface area contributed by atoms with Gasteiger partial charge in [-0.3, -0.25) is 4.79 Å². The molecule has 3 rings (SSSR count). The number of nitrogens with zero attached hydrogens (tertiary/aromatic N) is 1. The second kappa shape index (κ2) is 7.69. The molecule has 0 aliphatic carbocycles. The van der Waals surface area contributed by atoms with Crippen molar-refractivity contribution in [2.75, 3.05) is 6.54 Å². The van der Waals surface area contributed by atoms with Crippen LogP contribution < -0.4 is 0 Å². The lowest BCUT2D eigenvalue weighted by Gasteiger charge is -2.42. The largest absolute Gasteiger partial charge is 0.338 e. The van der Waals surface area contributed by atoms with Crippen molar-refractivity contribution in [3.05, 3.63) is 71.8 Å². The zero-order valence-corrected chi connectivity index (χ0v) is 14.3. The Bertz CT molecular complexity index is 629. The Kier molecular flexibility index (Phi) is 5.39. The molecular weight excluding hydrogens is 302 g/mol. The molecule has 0 aromatic heterocycles. The normalized spacial score (nSPS) is 18.3. The highest BCUT2D eigenvalue weighted by Gasteiger charge is 2.34. The van der Waals surface area contributed by atoms with Crippen LogP contribution in [0.5, 0.6) is 0 Å². The fourth-order valence-corrected chi connectivity index (χ4v) is 3.84. The van der Waals surface area contributed by atoms with E-state index in [2.05, 4.69) is 41.3 Å². The van der Waals surface area contributed by atoms with Gasteiger partial charge in [0.05, 0.1) is 5.25 Å². The zero-order valence-electron chi connectivity index (χ0n) is 13.5. The number of thioether (sulfide) groups is 1. The average Bonchev–Trinajstić information content (AvgIpc) is 2.58. The first-order valence-corrected chi connectivity index (χ1v) is 9.29. The summed E-state index contributed by atoms with van der Waals surface area (Å²) in [6, 6.07) is 21.2. The SMILES string of the molecule is C[C@H](SCc1ccccc1)C(=O)N1CC[C@H]1Cc1ccccc1. The number of likely N-dealkylation sites (tertiary alicyclic amines) is 1. The Morgan fingerprint density at radius 2 is 1.70 bits per heavy atom. The molecule has 23 heavy (non-hydrogen) atoms. The number of amides is 1. The first kappa shape index (κ1) is 16.1. The Labute approximate surface area is 142 Å². The predicted octanol–water partition coefficient (Wildman–Crippen LogP) is 4.15. The smallest absolute Gasteiger partial charge is 0.235 e. The molecule has 120 valence electrons. The van der Waals surface area contributed by atoms with Crippen LogP contribution in [0.15, 0.2) is 60.7 Å². The summed E-state index contributed by atoms with van der Waals surface area (Å²) in [6.45, 7) is 2.94. The number of carbonyl (C=O) groups is 1. The molecule has 0 saturated carbocycles. The van der Waals surface area contributed by atoms with Gasteiger partial charge in [-0.2, -0.15) is 0 Å². The minimum absolute atomic E-state index is 0.0220. The molecule has 2 atom stereocenters. The van der Waals surface area contributed by atoms with E-state index in [1.54, 1.807) is 11.8 Å². The molecule has 1 amide bonds. The maximum absolute atomic E-state index is 12.7. The highest BCUT2D eigenvalue weighted by atomic mass is 32.2. The van der Waals surface area contributed by atoms with Gasteiger partial charge >= 0.3 is 0 Å². The molecule has 2 aromatic carbocycles. The van der Waals surface area contributed by atoms with Crippen LogP contribution >= 0.6 is 11.8 Å². The molecule has 1 saturated heterocycles. The highest BCUT2D eigenvalue weighted by Crippen LogP contribution is 2.26. The van der Waals surface area contributed by atoms with Gasteiger partial charge in [-0.15, -0.1) is 11.8 Å². The van der Waals surface area contributed by atoms with E-state index < -0.39 is 0 Å². The van der Waals surface area contributed by atoms with Crippen molar-refractivity contribution in [3.8, 4) is 0 Å². The van der Waals surface area contributed by atoms with Crippen molar-refractivity contribution < 1.29 is 4.79 Å². The van der Waals surface area contributed by atoms with Crippen LogP contribution in [0.3, 0.4) is 0 Å². The number of carbonyl (C=O) groups excluding carboxylic acids is 1. The van der Waals surface area contributed by atoms with Crippen LogP contribution in [0, 0.1) is 0 Å². The fraction of sp³-hybridized carbons (Fsp3) is 0.350. The highest BCUT2D eigenvalue weighted by molar-refractivity contribution is 7.99. The Balaban J connectivity index is 1.51. The monoisotopic (exact) mass is 325 g/mol. The lowest BCUT2D eigenvalue weighted by molar-refractivity contribution is -0.137. The molecule has 0 spiro atoms. The first-order valence-electron chi connectivity index (χ1n) is 8.24. The maximum Gasteiger partial charge on any atom is 0.235 e. The van der Waals surface area contributed by atoms with Crippen molar-refractivity contribution >= 4 is 17.7 Å². The van der Waals surface area contributed by atoms with E-state index in [0.717, 1.165) is 25.1 Å². The molecule has 1 aliphatic heterocycles. The standard InChI is InChI=1S/C20H23NOS/c1-16(23-15-18-10-6-3-7-11-18)20(22)21-13-12-19(21)14-17-8-4-2-5-9-17/h2-11,16,19H,12-15H2,1H3/t16-,19-/m0/s1. The van der Waals surface area contributed by atoms with Gasteiger partial charge in [-0.1, -0.05) is 60.7 Å². The van der Waals surface area contributed by atoms with E-state index >= 15 is 0 Å². The quantitative estimate of drug-likeness (QED) is 0.795. The lowest BCUT2D eigenvalue weighted by Crippen LogP contribution is -2.54. The summed E-state index contributed by atoms with van der Waals surface area (Å²) < 4.78 is 0. The molecule has 1 heterocycles. The van der Waals surface area contributed by atoms with Gasteiger partial charge in [0.25, 0.3) is 0 Å². The Morgan fingerprint density at radius 3 is 2.26 bits per heavy atom. The van der Waals surface area contributed by atoms with E-state index in [4.69, 9.17) is 0 Å². The molecule has 0 unspecified atom stereocenters. The molecule has 1 aliphatic rings. The summed E-state index contributed by atoms with van der Waals surface area (Å²) in [5.74, 6) is 1.18. The summed E-state index contributed by atoms with van der Waals surface area (Å²) in [4.78, 5) is 14.7. The number of benzene rings is 2. The average molecular weight is 325 g/mol. The van der Waals surface area contributed by atoms with Gasteiger partial charge in [-0.05, 0) is 30.9 Å². The van der Waals surface area contributed by atoms with Gasteiger partial charge in [0.1, 0.15) is 0 Å². The van der Waals surface area contributed by atoms with Crippen LogP contribution in [-0.4, -0.2) is 28.6 Å². The molecule has 0 radical (unpaired) electrons. The van der Waals surface area contributed by atoms with Gasteiger partial charge < -0.3 is 4.90 Å². The van der Waals surface area contributed by atoms with Crippen LogP contribution in [-0.2, 0) is 17.0 Å². The molecular formula is C20H23NOS. The van der Waals surface area contributed by atoms with Gasteiger partial charge in [0.15, 0.2) is 0 Å². The van der Waals surface area contributed by atoms with E-state index in [9.17, 15) is 4.79 Å². The van der Waals surface area contributed by atoms with E-state index in [0.29, 0.717) is 6.04 Å². The molecule has 0 N–H and O–H groups in total. The third kappa shape index (κ3) is 4.17.